The van der Waals surface area contributed by atoms with Gasteiger partial charge in [-0.3, -0.25) is 0 Å². The molecule has 0 amide bonds. The van der Waals surface area contributed by atoms with Crippen LogP contribution >= 0.6 is 0 Å². The van der Waals surface area contributed by atoms with Gasteiger partial charge in [-0.15, -0.1) is 0 Å². The smallest absolute Gasteiger partial charge is 0.281 e. The van der Waals surface area contributed by atoms with Crippen molar-refractivity contribution in [3.05, 3.63) is 30.5 Å². The Morgan fingerprint density at radius 1 is 1.22 bits per heavy atom. The SMILES string of the molecule is O=S(=O)(Nc1ncccn1)c1cnc2n1CCC2. The first-order valence-electron chi connectivity index (χ1n) is 5.51. The number of hydrogen-bond donors (Lipinski definition) is 1. The Labute approximate surface area is 104 Å². The van der Waals surface area contributed by atoms with E-state index in [0.717, 1.165) is 18.7 Å². The van der Waals surface area contributed by atoms with Crippen LogP contribution in [-0.4, -0.2) is 27.9 Å². The van der Waals surface area contributed by atoms with Gasteiger partial charge in [-0.25, -0.2) is 19.7 Å². The van der Waals surface area contributed by atoms with Crippen LogP contribution in [0.25, 0.3) is 0 Å². The molecule has 0 saturated carbocycles. The second-order valence-electron chi connectivity index (χ2n) is 3.95. The van der Waals surface area contributed by atoms with Crippen molar-refractivity contribution in [1.29, 1.82) is 0 Å². The van der Waals surface area contributed by atoms with Crippen LogP contribution in [0.2, 0.25) is 0 Å². The molecule has 2 aromatic heterocycles. The minimum atomic E-state index is -3.67. The molecule has 0 radical (unpaired) electrons. The molecule has 1 N–H and O–H groups in total. The number of aryl methyl sites for hydroxylation is 1. The lowest BCUT2D eigenvalue weighted by atomic mass is 10.4. The fourth-order valence-corrected chi connectivity index (χ4v) is 3.10. The second-order valence-corrected chi connectivity index (χ2v) is 5.58. The Hall–Kier alpha value is -1.96. The van der Waals surface area contributed by atoms with Gasteiger partial charge in [0.15, 0.2) is 5.03 Å². The van der Waals surface area contributed by atoms with Crippen molar-refractivity contribution in [2.45, 2.75) is 24.4 Å². The standard InChI is InChI=1S/C10H11N5O2S/c16-18(17,14-10-11-4-2-5-12-10)9-7-13-8-3-1-6-15(8)9/h2,4-5,7H,1,3,6H2,(H,11,12,14). The number of hydrogen-bond acceptors (Lipinski definition) is 5. The lowest BCUT2D eigenvalue weighted by molar-refractivity contribution is 0.583. The molecule has 0 aliphatic carbocycles. The van der Waals surface area contributed by atoms with E-state index in [1.807, 2.05) is 0 Å². The summed E-state index contributed by atoms with van der Waals surface area (Å²) < 4.78 is 28.4. The van der Waals surface area contributed by atoms with E-state index < -0.39 is 10.0 Å². The molecular formula is C10H11N5O2S. The minimum Gasteiger partial charge on any atom is -0.318 e. The van der Waals surface area contributed by atoms with Gasteiger partial charge in [0.2, 0.25) is 5.95 Å². The Kier molecular flexibility index (Phi) is 2.51. The van der Waals surface area contributed by atoms with Crippen molar-refractivity contribution in [2.75, 3.05) is 4.72 Å². The number of fused-ring (bicyclic) bond motifs is 1. The highest BCUT2D eigenvalue weighted by atomic mass is 32.2. The van der Waals surface area contributed by atoms with Crippen LogP contribution < -0.4 is 4.72 Å². The first kappa shape index (κ1) is 11.1. The molecule has 7 nitrogen and oxygen atoms in total. The first-order chi connectivity index (χ1) is 8.67. The van der Waals surface area contributed by atoms with E-state index >= 15 is 0 Å². The number of sulfonamides is 1. The van der Waals surface area contributed by atoms with Crippen LogP contribution in [0.1, 0.15) is 12.2 Å². The molecule has 0 fully saturated rings. The van der Waals surface area contributed by atoms with Gasteiger partial charge in [0.1, 0.15) is 5.82 Å². The monoisotopic (exact) mass is 265 g/mol. The second kappa shape index (κ2) is 4.05. The van der Waals surface area contributed by atoms with Gasteiger partial charge in [0.05, 0.1) is 6.20 Å². The predicted molar refractivity (Wildman–Crippen MR) is 63.4 cm³/mol. The van der Waals surface area contributed by atoms with Crippen LogP contribution in [0.15, 0.2) is 29.7 Å². The summed E-state index contributed by atoms with van der Waals surface area (Å²) in [6, 6.07) is 1.62. The van der Waals surface area contributed by atoms with Gasteiger partial charge >= 0.3 is 0 Å². The van der Waals surface area contributed by atoms with Crippen LogP contribution in [-0.2, 0) is 23.0 Å². The van der Waals surface area contributed by atoms with Crippen molar-refractivity contribution in [1.82, 2.24) is 19.5 Å². The number of nitrogens with one attached hydrogen (secondary N) is 1. The van der Waals surface area contributed by atoms with Gasteiger partial charge in [-0.1, -0.05) is 0 Å². The summed E-state index contributed by atoms with van der Waals surface area (Å²) in [5.74, 6) is 0.871. The number of aromatic nitrogens is 4. The average molecular weight is 265 g/mol. The predicted octanol–water partition coefficient (Wildman–Crippen LogP) is 0.420. The quantitative estimate of drug-likeness (QED) is 0.868. The van der Waals surface area contributed by atoms with Crippen molar-refractivity contribution in [2.24, 2.45) is 0 Å². The van der Waals surface area contributed by atoms with Crippen molar-refractivity contribution in [3.8, 4) is 0 Å². The Morgan fingerprint density at radius 3 is 2.78 bits per heavy atom. The third-order valence-corrected chi connectivity index (χ3v) is 4.08. The molecule has 2 aromatic rings. The highest BCUT2D eigenvalue weighted by molar-refractivity contribution is 7.92. The molecule has 3 heterocycles. The Morgan fingerprint density at radius 2 is 2.00 bits per heavy atom. The molecule has 0 saturated heterocycles. The summed E-state index contributed by atoms with van der Waals surface area (Å²) in [6.07, 6.45) is 6.07. The lowest BCUT2D eigenvalue weighted by Crippen LogP contribution is -2.18. The van der Waals surface area contributed by atoms with Crippen LogP contribution in [0, 0.1) is 0 Å². The van der Waals surface area contributed by atoms with Crippen LogP contribution in [0.4, 0.5) is 5.95 Å². The lowest BCUT2D eigenvalue weighted by Gasteiger charge is -2.07. The summed E-state index contributed by atoms with van der Waals surface area (Å²) >= 11 is 0. The largest absolute Gasteiger partial charge is 0.318 e. The van der Waals surface area contributed by atoms with Crippen LogP contribution in [0.5, 0.6) is 0 Å². The third kappa shape index (κ3) is 1.84. The van der Waals surface area contributed by atoms with E-state index in [1.54, 1.807) is 10.6 Å². The molecular weight excluding hydrogens is 254 g/mol. The minimum absolute atomic E-state index is 0.0612. The summed E-state index contributed by atoms with van der Waals surface area (Å²) in [5, 5.41) is 0.169. The van der Waals surface area contributed by atoms with Gasteiger partial charge in [0.25, 0.3) is 10.0 Å². The maximum absolute atomic E-state index is 12.2. The van der Waals surface area contributed by atoms with Gasteiger partial charge in [-0.05, 0) is 12.5 Å². The summed E-state index contributed by atoms with van der Waals surface area (Å²) in [6.45, 7) is 0.682. The molecule has 0 bridgehead atoms. The summed E-state index contributed by atoms with van der Waals surface area (Å²) in [5.41, 5.74) is 0. The van der Waals surface area contributed by atoms with Gasteiger partial charge in [0, 0.05) is 25.4 Å². The van der Waals surface area contributed by atoms with Gasteiger partial charge < -0.3 is 4.57 Å². The van der Waals surface area contributed by atoms with Gasteiger partial charge in [-0.2, -0.15) is 8.42 Å². The van der Waals surface area contributed by atoms with Crippen molar-refractivity contribution in [3.63, 3.8) is 0 Å². The van der Waals surface area contributed by atoms with E-state index in [4.69, 9.17) is 0 Å². The van der Waals surface area contributed by atoms with Crippen molar-refractivity contribution < 1.29 is 8.42 Å². The van der Waals surface area contributed by atoms with E-state index in [0.29, 0.717) is 6.54 Å². The molecule has 0 aromatic carbocycles. The molecule has 3 rings (SSSR count). The van der Waals surface area contributed by atoms with E-state index in [2.05, 4.69) is 19.7 Å². The first-order valence-corrected chi connectivity index (χ1v) is 6.99. The zero-order valence-electron chi connectivity index (χ0n) is 9.44. The number of imidazole rings is 1. The van der Waals surface area contributed by atoms with E-state index in [1.165, 1.54) is 18.6 Å². The molecule has 1 aliphatic heterocycles. The number of rotatable bonds is 3. The molecule has 0 atom stereocenters. The number of anilines is 1. The Bertz CT molecular complexity index is 665. The van der Waals surface area contributed by atoms with Crippen LogP contribution in [0.3, 0.4) is 0 Å². The summed E-state index contributed by atoms with van der Waals surface area (Å²) in [4.78, 5) is 11.8. The highest BCUT2D eigenvalue weighted by Gasteiger charge is 2.25. The molecule has 0 unspecified atom stereocenters. The van der Waals surface area contributed by atoms with E-state index in [-0.39, 0.29) is 11.0 Å². The fraction of sp³-hybridized carbons (Fsp3) is 0.300. The summed E-state index contributed by atoms with van der Waals surface area (Å²) in [7, 11) is -3.67. The maximum Gasteiger partial charge on any atom is 0.281 e. The normalized spacial score (nSPS) is 14.4. The van der Waals surface area contributed by atoms with Crippen molar-refractivity contribution >= 4 is 16.0 Å². The molecule has 18 heavy (non-hydrogen) atoms. The highest BCUT2D eigenvalue weighted by Crippen LogP contribution is 2.20. The molecule has 0 spiro atoms. The zero-order chi connectivity index (χ0) is 12.6. The average Bonchev–Trinajstić information content (AvgIpc) is 2.90. The van der Waals surface area contributed by atoms with E-state index in [9.17, 15) is 8.42 Å². The zero-order valence-corrected chi connectivity index (χ0v) is 10.3. The molecule has 1 aliphatic rings. The number of nitrogens with zero attached hydrogens (tertiary/aromatic N) is 4. The topological polar surface area (TPSA) is 89.8 Å². The third-order valence-electron chi connectivity index (χ3n) is 2.75. The Balaban J connectivity index is 1.95. The molecule has 8 heteroatoms. The maximum atomic E-state index is 12.2. The molecule has 94 valence electrons. The fourth-order valence-electron chi connectivity index (χ4n) is 1.97.